The molecule has 0 saturated carbocycles. The Hall–Kier alpha value is -7.50. The van der Waals surface area contributed by atoms with Gasteiger partial charge in [-0.25, -0.2) is 4.79 Å². The second kappa shape index (κ2) is 30.0. The van der Waals surface area contributed by atoms with Crippen molar-refractivity contribution in [1.82, 2.24) is 37.2 Å². The summed E-state index contributed by atoms with van der Waals surface area (Å²) in [6.45, 7) is 3.20. The minimum Gasteiger partial charge on any atom is -0.508 e. The van der Waals surface area contributed by atoms with E-state index in [0.29, 0.717) is 35.1 Å². The number of carbonyl (C=O) groups excluding carboxylic acids is 7. The molecule has 0 spiro atoms. The van der Waals surface area contributed by atoms with Crippen LogP contribution in [0.15, 0.2) is 127 Å². The van der Waals surface area contributed by atoms with Crippen LogP contribution < -0.4 is 48.7 Å². The third-order valence-corrected chi connectivity index (χ3v) is 15.8. The molecule has 14 N–H and O–H groups in total. The highest BCUT2D eigenvalue weighted by atomic mass is 33.1. The molecule has 7 amide bonds. The SMILES string of the molecule is C[C@@H](O)[C@@H]1NC(=O)[C@H](CCCCN)NC(=O)[C@H]([C@@H](C)c2ccc3ccccc3c2)NC(=O)[C@H](Cc2ccc(O)cc2)NC(=O)[C@H](Cc2ccccc2)NC(=O)[C@@H](N)CSSC[C@@H](C(=O)O)NC(=O)[C@H](Cc2ccccc2)NC1=O. The van der Waals surface area contributed by atoms with E-state index in [4.69, 9.17) is 11.5 Å². The van der Waals surface area contributed by atoms with Gasteiger partial charge in [0.15, 0.2) is 0 Å². The maximum absolute atomic E-state index is 15.1. The third kappa shape index (κ3) is 18.3. The van der Waals surface area contributed by atoms with Gasteiger partial charge in [0.1, 0.15) is 48.0 Å². The first kappa shape index (κ1) is 60.7. The Morgan fingerprint density at radius 3 is 1.59 bits per heavy atom. The number of carboxylic acid groups (broad SMARTS) is 1. The number of hydrogen-bond donors (Lipinski definition) is 12. The van der Waals surface area contributed by atoms with Gasteiger partial charge in [0, 0.05) is 36.7 Å². The van der Waals surface area contributed by atoms with E-state index in [9.17, 15) is 44.1 Å². The number of phenolic OH excluding ortho intramolecular Hbond substituents is 1. The van der Waals surface area contributed by atoms with Gasteiger partial charge in [-0.05, 0) is 77.9 Å². The number of carboxylic acids is 1. The molecule has 1 heterocycles. The van der Waals surface area contributed by atoms with E-state index in [1.165, 1.54) is 19.1 Å². The first-order chi connectivity index (χ1) is 37.9. The lowest BCUT2D eigenvalue weighted by molar-refractivity contribution is -0.141. The van der Waals surface area contributed by atoms with Crippen LogP contribution in [0.3, 0.4) is 0 Å². The molecule has 79 heavy (non-hydrogen) atoms. The van der Waals surface area contributed by atoms with Crippen molar-refractivity contribution < 1.29 is 53.7 Å². The lowest BCUT2D eigenvalue weighted by Crippen LogP contribution is -2.62. The second-order valence-electron chi connectivity index (χ2n) is 19.5. The molecule has 1 aliphatic heterocycles. The van der Waals surface area contributed by atoms with Gasteiger partial charge in [0.05, 0.1) is 12.1 Å². The van der Waals surface area contributed by atoms with Crippen molar-refractivity contribution in [3.63, 3.8) is 0 Å². The predicted octanol–water partition coefficient (Wildman–Crippen LogP) is 2.09. The van der Waals surface area contributed by atoms with Crippen molar-refractivity contribution in [2.45, 2.75) is 113 Å². The number of carbonyl (C=O) groups is 8. The van der Waals surface area contributed by atoms with E-state index in [1.807, 2.05) is 36.4 Å². The molecule has 5 aromatic rings. The molecule has 0 radical (unpaired) electrons. The summed E-state index contributed by atoms with van der Waals surface area (Å²) in [5.74, 6) is -8.54. The molecule has 20 nitrogen and oxygen atoms in total. The molecule has 0 unspecified atom stereocenters. The van der Waals surface area contributed by atoms with Crippen molar-refractivity contribution in [3.8, 4) is 5.75 Å². The summed E-state index contributed by atoms with van der Waals surface area (Å²) in [6, 6.07) is 24.9. The van der Waals surface area contributed by atoms with Gasteiger partial charge in [-0.1, -0.05) is 144 Å². The monoisotopic (exact) mass is 1120 g/mol. The molecule has 1 fully saturated rings. The molecule has 0 bridgehead atoms. The van der Waals surface area contributed by atoms with Crippen LogP contribution in [0, 0.1) is 0 Å². The van der Waals surface area contributed by atoms with Gasteiger partial charge in [-0.2, -0.15) is 0 Å². The molecule has 0 aliphatic carbocycles. The Kier molecular flexibility index (Phi) is 23.1. The zero-order valence-corrected chi connectivity index (χ0v) is 45.5. The third-order valence-electron chi connectivity index (χ3n) is 13.4. The van der Waals surface area contributed by atoms with E-state index in [0.717, 1.165) is 32.4 Å². The van der Waals surface area contributed by atoms with Gasteiger partial charge in [0.25, 0.3) is 0 Å². The second-order valence-corrected chi connectivity index (χ2v) is 22.0. The Morgan fingerprint density at radius 2 is 1.01 bits per heavy atom. The minimum atomic E-state index is -1.71. The summed E-state index contributed by atoms with van der Waals surface area (Å²) in [6.07, 6.45) is -1.18. The number of aliphatic hydroxyl groups is 1. The molecular weight excluding hydrogens is 1050 g/mol. The van der Waals surface area contributed by atoms with E-state index >= 15 is 9.59 Å². The van der Waals surface area contributed by atoms with E-state index in [2.05, 4.69) is 37.2 Å². The number of nitrogens with two attached hydrogens (primary N) is 2. The Bertz CT molecular complexity index is 2890. The maximum atomic E-state index is 15.1. The molecule has 22 heteroatoms. The summed E-state index contributed by atoms with van der Waals surface area (Å²) in [5.41, 5.74) is 14.6. The van der Waals surface area contributed by atoms with Gasteiger partial charge in [-0.15, -0.1) is 0 Å². The Labute approximate surface area is 466 Å². The average molecular weight is 1120 g/mol. The van der Waals surface area contributed by atoms with Crippen LogP contribution in [0.1, 0.15) is 61.3 Å². The first-order valence-electron chi connectivity index (χ1n) is 26.0. The van der Waals surface area contributed by atoms with Gasteiger partial charge in [0.2, 0.25) is 41.4 Å². The molecule has 10 atom stereocenters. The molecule has 420 valence electrons. The van der Waals surface area contributed by atoms with Crippen LogP contribution in [-0.4, -0.2) is 135 Å². The summed E-state index contributed by atoms with van der Waals surface area (Å²) in [4.78, 5) is 114. The number of benzene rings is 5. The molecule has 1 aliphatic rings. The Morgan fingerprint density at radius 1 is 0.544 bits per heavy atom. The quantitative estimate of drug-likeness (QED) is 0.0560. The molecule has 1 saturated heterocycles. The van der Waals surface area contributed by atoms with Crippen LogP contribution in [-0.2, 0) is 57.6 Å². The number of fused-ring (bicyclic) bond motifs is 1. The summed E-state index contributed by atoms with van der Waals surface area (Å²) >= 11 is 0. The highest BCUT2D eigenvalue weighted by molar-refractivity contribution is 8.76. The standard InChI is InChI=1S/C57H69N9O11S2/c1-33(39-23-22-38-17-9-10-18-40(38)30-39)48-55(74)60-43(19-11-12-26-58)51(70)66-49(34(2)67)56(75)63-45(28-36-15-7-4-8-16-36)53(72)64-47(57(76)77)32-79-78-31-42(59)50(69)61-44(27-35-13-5-3-6-14-35)52(71)62-46(54(73)65-48)29-37-20-24-41(68)25-21-37/h3-10,13-18,20-25,30,33-34,42-49,67-68H,11-12,19,26-29,31-32,58-59H2,1-2H3,(H,60,74)(H,61,69)(H,62,71)(H,63,75)(H,64,72)(H,65,73)(H,66,70)(H,76,77)/t33-,34+,42-,43-,44-,45-,46-,47-,48-,49-/m0/s1. The zero-order valence-electron chi connectivity index (χ0n) is 43.8. The molecule has 0 aromatic heterocycles. The topological polar surface area (TPSA) is 333 Å². The lowest BCUT2D eigenvalue weighted by Gasteiger charge is -2.31. The van der Waals surface area contributed by atoms with Crippen LogP contribution >= 0.6 is 21.6 Å². The van der Waals surface area contributed by atoms with E-state index < -0.39 is 108 Å². The number of amides is 7. The average Bonchev–Trinajstić information content (AvgIpc) is 3.46. The van der Waals surface area contributed by atoms with E-state index in [1.54, 1.807) is 85.8 Å². The maximum Gasteiger partial charge on any atom is 0.327 e. The summed E-state index contributed by atoms with van der Waals surface area (Å²) in [5, 5.41) is 52.0. The zero-order chi connectivity index (χ0) is 57.0. The number of nitrogens with one attached hydrogen (secondary N) is 7. The number of aliphatic carboxylic acids is 1. The number of aliphatic hydroxyl groups excluding tert-OH is 1. The van der Waals surface area contributed by atoms with Gasteiger partial charge in [-0.3, -0.25) is 33.6 Å². The van der Waals surface area contributed by atoms with Crippen LogP contribution in [0.2, 0.25) is 0 Å². The van der Waals surface area contributed by atoms with Crippen molar-refractivity contribution in [2.75, 3.05) is 18.1 Å². The van der Waals surface area contributed by atoms with E-state index in [-0.39, 0.29) is 49.5 Å². The fourth-order valence-electron chi connectivity index (χ4n) is 8.81. The van der Waals surface area contributed by atoms with Gasteiger partial charge < -0.3 is 64.0 Å². The van der Waals surface area contributed by atoms with Crippen molar-refractivity contribution >= 4 is 79.7 Å². The highest BCUT2D eigenvalue weighted by Crippen LogP contribution is 2.26. The molecule has 5 aromatic carbocycles. The number of aromatic hydroxyl groups is 1. The fraction of sp³-hybridized carbons (Fsp3) is 0.368. The number of hydrogen-bond acceptors (Lipinski definition) is 14. The summed E-state index contributed by atoms with van der Waals surface area (Å²) < 4.78 is 0. The molecular formula is C57H69N9O11S2. The van der Waals surface area contributed by atoms with Crippen molar-refractivity contribution in [2.24, 2.45) is 11.5 Å². The number of unbranched alkanes of at least 4 members (excludes halogenated alkanes) is 1. The van der Waals surface area contributed by atoms with Crippen molar-refractivity contribution in [1.29, 1.82) is 0 Å². The number of rotatable bonds is 14. The van der Waals surface area contributed by atoms with Crippen LogP contribution in [0.4, 0.5) is 0 Å². The number of phenols is 1. The smallest absolute Gasteiger partial charge is 0.327 e. The lowest BCUT2D eigenvalue weighted by atomic mass is 9.90. The minimum absolute atomic E-state index is 0.0163. The van der Waals surface area contributed by atoms with Crippen molar-refractivity contribution in [3.05, 3.63) is 150 Å². The van der Waals surface area contributed by atoms with Crippen LogP contribution in [0.5, 0.6) is 5.75 Å². The Balaban J connectivity index is 1.42. The predicted molar refractivity (Wildman–Crippen MR) is 303 cm³/mol. The largest absolute Gasteiger partial charge is 0.508 e. The van der Waals surface area contributed by atoms with Gasteiger partial charge >= 0.3 is 5.97 Å². The molecule has 6 rings (SSSR count). The summed E-state index contributed by atoms with van der Waals surface area (Å²) in [7, 11) is 2.04. The highest BCUT2D eigenvalue weighted by Gasteiger charge is 2.38. The van der Waals surface area contributed by atoms with Crippen LogP contribution in [0.25, 0.3) is 10.8 Å². The fourth-order valence-corrected chi connectivity index (χ4v) is 11.1. The first-order valence-corrected chi connectivity index (χ1v) is 28.5. The normalized spacial score (nSPS) is 23.6.